The second-order valence-electron chi connectivity index (χ2n) is 8.07. The molecule has 0 fully saturated rings. The molecule has 3 aromatic rings. The number of halogens is 2. The number of aromatic nitrogens is 2. The summed E-state index contributed by atoms with van der Waals surface area (Å²) in [6.45, 7) is -0.162. The van der Waals surface area contributed by atoms with E-state index >= 15 is 0 Å². The summed E-state index contributed by atoms with van der Waals surface area (Å²) < 4.78 is 32.7. The number of aliphatic hydroxyl groups is 2. The number of anilines is 1. The Morgan fingerprint density at radius 2 is 2.06 bits per heavy atom. The maximum absolute atomic E-state index is 14.5. The minimum atomic E-state index is -0.888. The van der Waals surface area contributed by atoms with Crippen molar-refractivity contribution in [2.75, 3.05) is 17.6 Å². The topological polar surface area (TPSA) is 106 Å². The number of aliphatic hydroxyl groups excluding tert-OH is 2. The van der Waals surface area contributed by atoms with Gasteiger partial charge in [0.2, 0.25) is 0 Å². The van der Waals surface area contributed by atoms with Crippen LogP contribution < -0.4 is 10.0 Å². The lowest BCUT2D eigenvalue weighted by molar-refractivity contribution is 0.0782. The lowest BCUT2D eigenvalue weighted by Gasteiger charge is -2.16. The molecule has 1 aliphatic rings. The van der Waals surface area contributed by atoms with Crippen LogP contribution in [0.1, 0.15) is 11.1 Å². The van der Waals surface area contributed by atoms with E-state index in [1.54, 1.807) is 35.4 Å². The van der Waals surface area contributed by atoms with Gasteiger partial charge in [-0.1, -0.05) is 18.0 Å². The summed E-state index contributed by atoms with van der Waals surface area (Å²) in [4.78, 5) is 0. The number of allylic oxidation sites excluding steroid dienone is 4. The predicted molar refractivity (Wildman–Crippen MR) is 140 cm³/mol. The first kappa shape index (κ1) is 25.4. The van der Waals surface area contributed by atoms with Crippen molar-refractivity contribution < 1.29 is 19.0 Å². The summed E-state index contributed by atoms with van der Waals surface area (Å²) in [5.74, 6) is -1.31. The van der Waals surface area contributed by atoms with Crippen molar-refractivity contribution in [2.24, 2.45) is 0 Å². The van der Waals surface area contributed by atoms with Crippen molar-refractivity contribution in [1.29, 1.82) is 5.41 Å². The van der Waals surface area contributed by atoms with Crippen LogP contribution in [0, 0.1) is 17.0 Å². The van der Waals surface area contributed by atoms with Gasteiger partial charge in [0.15, 0.2) is 0 Å². The molecular formula is C26H25F2N5O2S. The van der Waals surface area contributed by atoms with Gasteiger partial charge in [0.1, 0.15) is 11.6 Å². The van der Waals surface area contributed by atoms with Crippen LogP contribution in [-0.2, 0) is 6.54 Å². The zero-order valence-corrected chi connectivity index (χ0v) is 20.2. The molecule has 186 valence electrons. The van der Waals surface area contributed by atoms with Crippen LogP contribution in [0.4, 0.5) is 14.5 Å². The van der Waals surface area contributed by atoms with Gasteiger partial charge < -0.3 is 25.7 Å². The fraction of sp³-hybridized carbons (Fsp3) is 0.154. The summed E-state index contributed by atoms with van der Waals surface area (Å²) >= 11 is 1.38. The van der Waals surface area contributed by atoms with Crippen LogP contribution in [0.2, 0.25) is 0 Å². The van der Waals surface area contributed by atoms with E-state index in [9.17, 15) is 13.9 Å². The highest BCUT2D eigenvalue weighted by molar-refractivity contribution is 7.99. The maximum Gasteiger partial charge on any atom is 0.133 e. The third-order valence-corrected chi connectivity index (χ3v) is 5.97. The van der Waals surface area contributed by atoms with E-state index in [1.165, 1.54) is 30.3 Å². The van der Waals surface area contributed by atoms with Gasteiger partial charge in [-0.3, -0.25) is 4.68 Å². The third kappa shape index (κ3) is 5.73. The minimum absolute atomic E-state index is 0.182. The SMILES string of the molecule is CSNc1cc(/C(C=N)=C2\C=CC(c3cnn(CC(O)CO)c3)=CN2)cc(-c2ccc(F)cc2F)c1. The van der Waals surface area contributed by atoms with Crippen LogP contribution in [0.5, 0.6) is 0 Å². The van der Waals surface area contributed by atoms with Crippen molar-refractivity contribution >= 4 is 35.0 Å². The summed E-state index contributed by atoms with van der Waals surface area (Å²) in [5, 5.41) is 34.1. The molecule has 0 spiro atoms. The van der Waals surface area contributed by atoms with Crippen molar-refractivity contribution in [3.05, 3.63) is 95.6 Å². The van der Waals surface area contributed by atoms with Gasteiger partial charge in [-0.15, -0.1) is 0 Å². The molecular weight excluding hydrogens is 484 g/mol. The van der Waals surface area contributed by atoms with Gasteiger partial charge in [-0.2, -0.15) is 5.10 Å². The maximum atomic E-state index is 14.5. The second kappa shape index (κ2) is 11.3. The van der Waals surface area contributed by atoms with Gasteiger partial charge >= 0.3 is 0 Å². The molecule has 0 amide bonds. The summed E-state index contributed by atoms with van der Waals surface area (Å²) in [5.41, 5.74) is 5.12. The number of rotatable bonds is 9. The monoisotopic (exact) mass is 509 g/mol. The van der Waals surface area contributed by atoms with Crippen molar-refractivity contribution in [2.45, 2.75) is 12.6 Å². The van der Waals surface area contributed by atoms with Gasteiger partial charge in [0.05, 0.1) is 25.5 Å². The van der Waals surface area contributed by atoms with Crippen LogP contribution >= 0.6 is 11.9 Å². The highest BCUT2D eigenvalue weighted by Gasteiger charge is 2.15. The van der Waals surface area contributed by atoms with Crippen molar-refractivity contribution in [1.82, 2.24) is 15.1 Å². The molecule has 1 atom stereocenters. The fourth-order valence-electron chi connectivity index (χ4n) is 3.81. The molecule has 1 unspecified atom stereocenters. The number of hydrogen-bond acceptors (Lipinski definition) is 7. The average molecular weight is 510 g/mol. The zero-order chi connectivity index (χ0) is 25.7. The Kier molecular flexibility index (Phi) is 7.99. The van der Waals surface area contributed by atoms with Crippen LogP contribution in [0.3, 0.4) is 0 Å². The van der Waals surface area contributed by atoms with E-state index in [4.69, 9.17) is 10.5 Å². The van der Waals surface area contributed by atoms with Crippen LogP contribution in [0.25, 0.3) is 22.3 Å². The Balaban J connectivity index is 1.66. The molecule has 1 aliphatic heterocycles. The Morgan fingerprint density at radius 1 is 1.22 bits per heavy atom. The number of hydrogen-bond donors (Lipinski definition) is 5. The molecule has 1 aromatic heterocycles. The molecule has 2 heterocycles. The molecule has 36 heavy (non-hydrogen) atoms. The van der Waals surface area contributed by atoms with Gasteiger partial charge in [0.25, 0.3) is 0 Å². The summed E-state index contributed by atoms with van der Waals surface area (Å²) in [7, 11) is 0. The largest absolute Gasteiger partial charge is 0.394 e. The fourth-order valence-corrected chi connectivity index (χ4v) is 4.17. The Bertz CT molecular complexity index is 1370. The number of nitrogens with one attached hydrogen (secondary N) is 3. The van der Waals surface area contributed by atoms with Crippen molar-refractivity contribution in [3.8, 4) is 11.1 Å². The summed E-state index contributed by atoms with van der Waals surface area (Å²) in [6.07, 6.45) is 11.1. The van der Waals surface area contributed by atoms with E-state index in [0.717, 1.165) is 17.2 Å². The quantitative estimate of drug-likeness (QED) is 0.216. The van der Waals surface area contributed by atoms with E-state index in [-0.39, 0.29) is 18.7 Å². The molecule has 10 heteroatoms. The molecule has 7 nitrogen and oxygen atoms in total. The van der Waals surface area contributed by atoms with Crippen LogP contribution in [0.15, 0.2) is 72.8 Å². The standard InChI is InChI=1S/C26H25F2N5O2S/c1-36-32-21-7-17(23-4-3-20(27)9-25(23)28)6-18(8-21)24(10-29)26-5-2-16(11-30-26)19-12-31-33(13-19)14-22(35)15-34/h2-13,22,29-30,32,34-35H,14-15H2,1H3/b26-24+,29-10?. The van der Waals surface area contributed by atoms with Crippen molar-refractivity contribution in [3.63, 3.8) is 0 Å². The molecule has 0 aliphatic carbocycles. The second-order valence-corrected chi connectivity index (χ2v) is 8.68. The molecule has 0 bridgehead atoms. The van der Waals surface area contributed by atoms with E-state index in [1.807, 2.05) is 24.5 Å². The molecule has 0 saturated heterocycles. The number of dihydropyridines is 1. The average Bonchev–Trinajstić information content (AvgIpc) is 3.33. The third-order valence-electron chi connectivity index (χ3n) is 5.53. The Hall–Kier alpha value is -3.73. The van der Waals surface area contributed by atoms with Gasteiger partial charge in [0, 0.05) is 64.6 Å². The van der Waals surface area contributed by atoms with E-state index < -0.39 is 17.7 Å². The van der Waals surface area contributed by atoms with Crippen LogP contribution in [-0.4, -0.2) is 45.2 Å². The molecule has 5 N–H and O–H groups in total. The van der Waals surface area contributed by atoms with Gasteiger partial charge in [-0.25, -0.2) is 8.78 Å². The summed E-state index contributed by atoms with van der Waals surface area (Å²) in [6, 6.07) is 8.87. The lowest BCUT2D eigenvalue weighted by atomic mass is 9.96. The number of benzene rings is 2. The Morgan fingerprint density at radius 3 is 2.72 bits per heavy atom. The molecule has 4 rings (SSSR count). The first-order chi connectivity index (χ1) is 17.4. The molecule has 0 saturated carbocycles. The van der Waals surface area contributed by atoms with E-state index in [0.29, 0.717) is 28.1 Å². The first-order valence-corrected chi connectivity index (χ1v) is 12.3. The Labute approximate surface area is 211 Å². The molecule has 2 aromatic carbocycles. The normalized spacial score (nSPS) is 15.2. The zero-order valence-electron chi connectivity index (χ0n) is 19.4. The highest BCUT2D eigenvalue weighted by Crippen LogP contribution is 2.32. The first-order valence-electron chi connectivity index (χ1n) is 11.0. The molecule has 0 radical (unpaired) electrons. The van der Waals surface area contributed by atoms with Gasteiger partial charge in [-0.05, 0) is 47.5 Å². The number of nitrogens with zero attached hydrogens (tertiary/aromatic N) is 2. The smallest absolute Gasteiger partial charge is 0.133 e. The lowest BCUT2D eigenvalue weighted by Crippen LogP contribution is -2.19. The predicted octanol–water partition coefficient (Wildman–Crippen LogP) is 4.43. The minimum Gasteiger partial charge on any atom is -0.394 e. The van der Waals surface area contributed by atoms with E-state index in [2.05, 4.69) is 15.1 Å². The highest BCUT2D eigenvalue weighted by atomic mass is 32.2.